The third-order valence-electron chi connectivity index (χ3n) is 6.58. The average molecular weight is 502 g/mol. The summed E-state index contributed by atoms with van der Waals surface area (Å²) in [5, 5.41) is 15.2. The van der Waals surface area contributed by atoms with Gasteiger partial charge in [-0.2, -0.15) is 0 Å². The molecular weight excluding hydrogens is 462 g/mol. The van der Waals surface area contributed by atoms with Gasteiger partial charge >= 0.3 is 5.97 Å². The van der Waals surface area contributed by atoms with Crippen molar-refractivity contribution in [2.75, 3.05) is 20.1 Å². The van der Waals surface area contributed by atoms with E-state index in [9.17, 15) is 29.1 Å². The van der Waals surface area contributed by atoms with Crippen molar-refractivity contribution in [3.05, 3.63) is 34.9 Å². The van der Waals surface area contributed by atoms with E-state index in [2.05, 4.69) is 10.6 Å². The molecule has 2 rings (SSSR count). The largest absolute Gasteiger partial charge is 0.480 e. The van der Waals surface area contributed by atoms with Crippen LogP contribution in [0.25, 0.3) is 0 Å². The standard InChI is InChI=1S/C27H39N3O6/c1-4-21(31)16-18-13-19(17-22(32)5-2)15-20(14-18)25(33)29-11-7-6-9-23(28-3)26(34)30-12-8-10-24(30)27(35)36/h13-15,23-24,28H,4-12,16-17H2,1-3H3,(H,29,33)(H,35,36)/t23-,24-/m0/s1. The van der Waals surface area contributed by atoms with Gasteiger partial charge in [-0.1, -0.05) is 19.9 Å². The number of carbonyl (C=O) groups is 5. The minimum absolute atomic E-state index is 0.0672. The summed E-state index contributed by atoms with van der Waals surface area (Å²) in [6.07, 6.45) is 4.28. The molecule has 0 radical (unpaired) electrons. The summed E-state index contributed by atoms with van der Waals surface area (Å²) >= 11 is 0. The Balaban J connectivity index is 1.91. The highest BCUT2D eigenvalue weighted by Crippen LogP contribution is 2.20. The maximum Gasteiger partial charge on any atom is 0.326 e. The van der Waals surface area contributed by atoms with Gasteiger partial charge in [0.05, 0.1) is 6.04 Å². The smallest absolute Gasteiger partial charge is 0.326 e. The molecular formula is C27H39N3O6. The van der Waals surface area contributed by atoms with Crippen molar-refractivity contribution in [2.45, 2.75) is 83.7 Å². The molecule has 0 unspecified atom stereocenters. The number of carboxylic acid groups (broad SMARTS) is 1. The van der Waals surface area contributed by atoms with Crippen LogP contribution in [-0.2, 0) is 32.0 Å². The summed E-state index contributed by atoms with van der Waals surface area (Å²) in [5.41, 5.74) is 1.88. The molecule has 3 N–H and O–H groups in total. The molecule has 1 heterocycles. The number of likely N-dealkylation sites (tertiary alicyclic amines) is 1. The van der Waals surface area contributed by atoms with Gasteiger partial charge in [0.1, 0.15) is 17.6 Å². The molecule has 0 saturated carbocycles. The van der Waals surface area contributed by atoms with E-state index >= 15 is 0 Å². The number of likely N-dealkylation sites (N-methyl/N-ethyl adjacent to an activating group) is 1. The molecule has 1 aliphatic heterocycles. The first-order chi connectivity index (χ1) is 17.2. The number of nitrogens with one attached hydrogen (secondary N) is 2. The zero-order chi connectivity index (χ0) is 26.7. The molecule has 36 heavy (non-hydrogen) atoms. The Morgan fingerprint density at radius 2 is 1.61 bits per heavy atom. The van der Waals surface area contributed by atoms with Crippen molar-refractivity contribution in [3.8, 4) is 0 Å². The normalized spacial score (nSPS) is 16.0. The Labute approximate surface area is 213 Å². The number of unbranched alkanes of at least 4 members (excludes halogenated alkanes) is 1. The van der Waals surface area contributed by atoms with E-state index in [1.54, 1.807) is 33.0 Å². The number of nitrogens with zero attached hydrogens (tertiary/aromatic N) is 1. The lowest BCUT2D eigenvalue weighted by molar-refractivity contribution is -0.149. The van der Waals surface area contributed by atoms with Crippen LogP contribution in [0.2, 0.25) is 0 Å². The van der Waals surface area contributed by atoms with Crippen molar-refractivity contribution in [1.82, 2.24) is 15.5 Å². The third kappa shape index (κ3) is 8.55. The zero-order valence-electron chi connectivity index (χ0n) is 21.6. The molecule has 0 bridgehead atoms. The van der Waals surface area contributed by atoms with Gasteiger partial charge < -0.3 is 20.6 Å². The fourth-order valence-corrected chi connectivity index (χ4v) is 4.46. The Bertz CT molecular complexity index is 925. The van der Waals surface area contributed by atoms with E-state index < -0.39 is 18.1 Å². The van der Waals surface area contributed by atoms with Crippen molar-refractivity contribution in [2.24, 2.45) is 0 Å². The van der Waals surface area contributed by atoms with Gasteiger partial charge in [-0.15, -0.1) is 0 Å². The van der Waals surface area contributed by atoms with E-state index in [-0.39, 0.29) is 36.2 Å². The molecule has 1 aromatic rings. The van der Waals surface area contributed by atoms with Crippen LogP contribution in [-0.4, -0.2) is 71.6 Å². The highest BCUT2D eigenvalue weighted by Gasteiger charge is 2.36. The predicted molar refractivity (Wildman–Crippen MR) is 136 cm³/mol. The highest BCUT2D eigenvalue weighted by molar-refractivity contribution is 5.95. The molecule has 1 saturated heterocycles. The number of carboxylic acids is 1. The Morgan fingerprint density at radius 3 is 2.14 bits per heavy atom. The van der Waals surface area contributed by atoms with Gasteiger partial charge in [-0.3, -0.25) is 19.2 Å². The summed E-state index contributed by atoms with van der Waals surface area (Å²) in [4.78, 5) is 62.3. The molecule has 0 spiro atoms. The molecule has 2 amide bonds. The lowest BCUT2D eigenvalue weighted by atomic mass is 9.97. The van der Waals surface area contributed by atoms with Crippen LogP contribution in [0.3, 0.4) is 0 Å². The van der Waals surface area contributed by atoms with Crippen LogP contribution < -0.4 is 10.6 Å². The van der Waals surface area contributed by atoms with Crippen molar-refractivity contribution < 1.29 is 29.1 Å². The molecule has 1 fully saturated rings. The van der Waals surface area contributed by atoms with E-state index in [0.717, 1.165) is 11.1 Å². The molecule has 198 valence electrons. The zero-order valence-corrected chi connectivity index (χ0v) is 21.6. The van der Waals surface area contributed by atoms with Gasteiger partial charge in [0.25, 0.3) is 5.91 Å². The van der Waals surface area contributed by atoms with Gasteiger partial charge in [0.15, 0.2) is 0 Å². The summed E-state index contributed by atoms with van der Waals surface area (Å²) in [6.45, 7) is 4.45. The number of hydrogen-bond acceptors (Lipinski definition) is 6. The number of benzene rings is 1. The maximum atomic E-state index is 12.8. The summed E-state index contributed by atoms with van der Waals surface area (Å²) in [5.74, 6) is -1.30. The van der Waals surface area contributed by atoms with E-state index in [4.69, 9.17) is 0 Å². The first-order valence-corrected chi connectivity index (χ1v) is 12.8. The van der Waals surface area contributed by atoms with Gasteiger partial charge in [-0.25, -0.2) is 4.79 Å². The number of aliphatic carboxylic acids is 1. The molecule has 0 aliphatic carbocycles. The minimum Gasteiger partial charge on any atom is -0.480 e. The van der Waals surface area contributed by atoms with Gasteiger partial charge in [0.2, 0.25) is 5.91 Å². The van der Waals surface area contributed by atoms with Crippen LogP contribution >= 0.6 is 0 Å². The van der Waals surface area contributed by atoms with Crippen LogP contribution in [0.5, 0.6) is 0 Å². The first-order valence-electron chi connectivity index (χ1n) is 12.8. The maximum absolute atomic E-state index is 12.8. The monoisotopic (exact) mass is 501 g/mol. The number of carbonyl (C=O) groups excluding carboxylic acids is 4. The first kappa shape index (κ1) is 29.2. The van der Waals surface area contributed by atoms with Crippen LogP contribution in [0.1, 0.15) is 80.3 Å². The molecule has 1 aliphatic rings. The quantitative estimate of drug-likeness (QED) is 0.314. The van der Waals surface area contributed by atoms with Crippen molar-refractivity contribution >= 4 is 29.4 Å². The SMILES string of the molecule is CCC(=O)Cc1cc(CC(=O)CC)cc(C(=O)NCCCC[C@H](NC)C(=O)N2CCC[C@H]2C(=O)O)c1. The van der Waals surface area contributed by atoms with Gasteiger partial charge in [0, 0.05) is 44.3 Å². The van der Waals surface area contributed by atoms with Crippen LogP contribution in [0.15, 0.2) is 18.2 Å². The molecule has 2 atom stereocenters. The second-order valence-corrected chi connectivity index (χ2v) is 9.30. The second-order valence-electron chi connectivity index (χ2n) is 9.30. The van der Waals surface area contributed by atoms with E-state index in [1.807, 2.05) is 6.07 Å². The topological polar surface area (TPSA) is 133 Å². The van der Waals surface area contributed by atoms with E-state index in [1.165, 1.54) is 4.90 Å². The molecule has 9 heteroatoms. The van der Waals surface area contributed by atoms with E-state index in [0.29, 0.717) is 63.6 Å². The summed E-state index contributed by atoms with van der Waals surface area (Å²) < 4.78 is 0. The van der Waals surface area contributed by atoms with Gasteiger partial charge in [-0.05, 0) is 62.4 Å². The number of ketones is 2. The fraction of sp³-hybridized carbons (Fsp3) is 0.593. The number of amides is 2. The average Bonchev–Trinajstić information content (AvgIpc) is 3.36. The van der Waals surface area contributed by atoms with Crippen molar-refractivity contribution in [1.29, 1.82) is 0 Å². The highest BCUT2D eigenvalue weighted by atomic mass is 16.4. The number of rotatable bonds is 15. The molecule has 1 aromatic carbocycles. The van der Waals surface area contributed by atoms with Crippen LogP contribution in [0, 0.1) is 0 Å². The summed E-state index contributed by atoms with van der Waals surface area (Å²) in [6, 6.07) is 4.00. The lowest BCUT2D eigenvalue weighted by Gasteiger charge is -2.26. The van der Waals surface area contributed by atoms with Crippen molar-refractivity contribution in [3.63, 3.8) is 0 Å². The Hall–Kier alpha value is -3.07. The minimum atomic E-state index is -0.969. The molecule has 0 aromatic heterocycles. The lowest BCUT2D eigenvalue weighted by Crippen LogP contribution is -2.49. The second kappa shape index (κ2) is 14.5. The number of hydrogen-bond donors (Lipinski definition) is 3. The predicted octanol–water partition coefficient (Wildman–Crippen LogP) is 2.29. The molecule has 9 nitrogen and oxygen atoms in total. The number of Topliss-reactive ketones (excluding diaryl/α,β-unsaturated/α-hetero) is 2. The summed E-state index contributed by atoms with van der Waals surface area (Å²) in [7, 11) is 1.69. The Morgan fingerprint density at radius 1 is 1.00 bits per heavy atom. The fourth-order valence-electron chi connectivity index (χ4n) is 4.46. The Kier molecular flexibility index (Phi) is 11.7. The third-order valence-corrected chi connectivity index (χ3v) is 6.58. The van der Waals surface area contributed by atoms with Crippen LogP contribution in [0.4, 0.5) is 0 Å².